The maximum Gasteiger partial charge on any atom is 0.238 e. The number of carbonyl (C=O) groups is 1. The second-order valence-electron chi connectivity index (χ2n) is 5.96. The van der Waals surface area contributed by atoms with Crippen LogP contribution < -0.4 is 11.1 Å². The number of halogens is 1. The summed E-state index contributed by atoms with van der Waals surface area (Å²) < 4.78 is 0. The van der Waals surface area contributed by atoms with Crippen LogP contribution in [0.15, 0.2) is 18.2 Å². The van der Waals surface area contributed by atoms with Gasteiger partial charge in [-0.2, -0.15) is 0 Å². The fraction of sp³-hybridized carbons (Fsp3) is 0.562. The molecule has 2 atom stereocenters. The number of aryl methyl sites for hydroxylation is 1. The van der Waals surface area contributed by atoms with E-state index in [0.717, 1.165) is 30.6 Å². The van der Waals surface area contributed by atoms with Gasteiger partial charge >= 0.3 is 0 Å². The van der Waals surface area contributed by atoms with E-state index < -0.39 is 0 Å². The molecular formula is C16H24ClN3O. The van der Waals surface area contributed by atoms with Crippen molar-refractivity contribution in [2.24, 2.45) is 11.7 Å². The second kappa shape index (κ2) is 7.25. The van der Waals surface area contributed by atoms with E-state index in [1.54, 1.807) is 6.07 Å². The molecule has 3 N–H and O–H groups in total. The Morgan fingerprint density at radius 2 is 2.24 bits per heavy atom. The summed E-state index contributed by atoms with van der Waals surface area (Å²) in [6.45, 7) is 6.13. The molecule has 21 heavy (non-hydrogen) atoms. The van der Waals surface area contributed by atoms with E-state index in [4.69, 9.17) is 17.3 Å². The predicted octanol–water partition coefficient (Wildman–Crippen LogP) is 2.65. The first-order valence-corrected chi connectivity index (χ1v) is 7.87. The van der Waals surface area contributed by atoms with Crippen molar-refractivity contribution < 1.29 is 4.79 Å². The van der Waals surface area contributed by atoms with Gasteiger partial charge in [-0.05, 0) is 62.9 Å². The van der Waals surface area contributed by atoms with E-state index in [0.29, 0.717) is 30.1 Å². The molecule has 1 aliphatic rings. The highest BCUT2D eigenvalue weighted by Crippen LogP contribution is 2.22. The lowest BCUT2D eigenvalue weighted by Gasteiger charge is -2.37. The van der Waals surface area contributed by atoms with Crippen molar-refractivity contribution in [2.75, 3.05) is 25.0 Å². The molecule has 1 heterocycles. The van der Waals surface area contributed by atoms with Gasteiger partial charge in [0.1, 0.15) is 0 Å². The van der Waals surface area contributed by atoms with Crippen molar-refractivity contribution in [1.82, 2.24) is 4.90 Å². The number of nitrogens with one attached hydrogen (secondary N) is 1. The maximum absolute atomic E-state index is 12.2. The van der Waals surface area contributed by atoms with E-state index in [-0.39, 0.29) is 5.91 Å². The molecule has 0 radical (unpaired) electrons. The van der Waals surface area contributed by atoms with Crippen molar-refractivity contribution in [3.8, 4) is 0 Å². The first kappa shape index (κ1) is 16.3. The summed E-state index contributed by atoms with van der Waals surface area (Å²) in [4.78, 5) is 14.5. The lowest BCUT2D eigenvalue weighted by atomic mass is 9.93. The molecule has 0 bridgehead atoms. The third-order valence-electron chi connectivity index (χ3n) is 4.25. The average molecular weight is 310 g/mol. The number of benzene rings is 1. The molecule has 116 valence electrons. The predicted molar refractivity (Wildman–Crippen MR) is 87.6 cm³/mol. The minimum absolute atomic E-state index is 0.0185. The second-order valence-corrected chi connectivity index (χ2v) is 6.40. The van der Waals surface area contributed by atoms with E-state index in [1.165, 1.54) is 0 Å². The number of amides is 1. The lowest BCUT2D eigenvalue weighted by Crippen LogP contribution is -2.47. The zero-order valence-corrected chi connectivity index (χ0v) is 13.5. The van der Waals surface area contributed by atoms with Crippen LogP contribution in [0.25, 0.3) is 0 Å². The van der Waals surface area contributed by atoms with Gasteiger partial charge in [-0.25, -0.2) is 0 Å². The number of anilines is 1. The van der Waals surface area contributed by atoms with Gasteiger partial charge in [-0.3, -0.25) is 9.69 Å². The quantitative estimate of drug-likeness (QED) is 0.899. The van der Waals surface area contributed by atoms with E-state index >= 15 is 0 Å². The average Bonchev–Trinajstić information content (AvgIpc) is 2.44. The number of carbonyl (C=O) groups excluding carboxylic acids is 1. The van der Waals surface area contributed by atoms with Crippen LogP contribution in [0.1, 0.15) is 25.3 Å². The van der Waals surface area contributed by atoms with Gasteiger partial charge in [0.2, 0.25) is 5.91 Å². The van der Waals surface area contributed by atoms with Crippen LogP contribution in [0.4, 0.5) is 5.69 Å². The third kappa shape index (κ3) is 4.43. The first-order valence-electron chi connectivity index (χ1n) is 7.49. The third-order valence-corrected chi connectivity index (χ3v) is 4.49. The molecule has 1 amide bonds. The standard InChI is InChI=1S/C16H24ClN3O/c1-11-7-14(17)5-6-15(11)19-16(21)10-20-9-13(8-18)4-3-12(20)2/h5-7,12-13H,3-4,8-10,18H2,1-2H3,(H,19,21). The SMILES string of the molecule is Cc1cc(Cl)ccc1NC(=O)CN1CC(CN)CCC1C. The molecule has 4 nitrogen and oxygen atoms in total. The Morgan fingerprint density at radius 3 is 2.90 bits per heavy atom. The Balaban J connectivity index is 1.94. The molecule has 2 rings (SSSR count). The van der Waals surface area contributed by atoms with Crippen LogP contribution >= 0.6 is 11.6 Å². The van der Waals surface area contributed by atoms with Crippen LogP contribution in [0, 0.1) is 12.8 Å². The summed E-state index contributed by atoms with van der Waals surface area (Å²) in [6, 6.07) is 5.92. The van der Waals surface area contributed by atoms with Gasteiger partial charge in [0, 0.05) is 23.3 Å². The molecule has 1 aromatic carbocycles. The van der Waals surface area contributed by atoms with Crippen LogP contribution in [0.5, 0.6) is 0 Å². The Labute approximate surface area is 131 Å². The molecule has 2 unspecified atom stereocenters. The Kier molecular flexibility index (Phi) is 5.62. The highest BCUT2D eigenvalue weighted by atomic mass is 35.5. The molecule has 0 aliphatic carbocycles. The van der Waals surface area contributed by atoms with Crippen molar-refractivity contribution in [3.63, 3.8) is 0 Å². The van der Waals surface area contributed by atoms with Crippen molar-refractivity contribution in [1.29, 1.82) is 0 Å². The van der Waals surface area contributed by atoms with Gasteiger partial charge in [0.25, 0.3) is 0 Å². The van der Waals surface area contributed by atoms with Crippen LogP contribution in [-0.2, 0) is 4.79 Å². The van der Waals surface area contributed by atoms with Gasteiger partial charge < -0.3 is 11.1 Å². The minimum atomic E-state index is 0.0185. The van der Waals surface area contributed by atoms with Crippen LogP contribution in [0.2, 0.25) is 5.02 Å². The lowest BCUT2D eigenvalue weighted by molar-refractivity contribution is -0.118. The van der Waals surface area contributed by atoms with E-state index in [2.05, 4.69) is 17.1 Å². The molecule has 1 saturated heterocycles. The van der Waals surface area contributed by atoms with Gasteiger partial charge in [0.05, 0.1) is 6.54 Å². The summed E-state index contributed by atoms with van der Waals surface area (Å²) in [5.74, 6) is 0.524. The topological polar surface area (TPSA) is 58.4 Å². The highest BCUT2D eigenvalue weighted by Gasteiger charge is 2.26. The largest absolute Gasteiger partial charge is 0.330 e. The zero-order valence-electron chi connectivity index (χ0n) is 12.7. The summed E-state index contributed by atoms with van der Waals surface area (Å²) in [5, 5.41) is 3.65. The van der Waals surface area contributed by atoms with Crippen LogP contribution in [0.3, 0.4) is 0 Å². The molecule has 1 fully saturated rings. The van der Waals surface area contributed by atoms with E-state index in [1.807, 2.05) is 19.1 Å². The summed E-state index contributed by atoms with van der Waals surface area (Å²) in [7, 11) is 0. The van der Waals surface area contributed by atoms with Gasteiger partial charge in [-0.1, -0.05) is 11.6 Å². The fourth-order valence-electron chi connectivity index (χ4n) is 2.82. The smallest absolute Gasteiger partial charge is 0.238 e. The van der Waals surface area contributed by atoms with Crippen molar-refractivity contribution in [3.05, 3.63) is 28.8 Å². The number of hydrogen-bond acceptors (Lipinski definition) is 3. The number of nitrogens with two attached hydrogens (primary N) is 1. The summed E-state index contributed by atoms with van der Waals surface area (Å²) >= 11 is 5.93. The minimum Gasteiger partial charge on any atom is -0.330 e. The Hall–Kier alpha value is -1.10. The Morgan fingerprint density at radius 1 is 1.48 bits per heavy atom. The molecule has 0 aromatic heterocycles. The number of likely N-dealkylation sites (tertiary alicyclic amines) is 1. The molecule has 0 spiro atoms. The number of rotatable bonds is 4. The van der Waals surface area contributed by atoms with Crippen LogP contribution in [-0.4, -0.2) is 36.5 Å². The highest BCUT2D eigenvalue weighted by molar-refractivity contribution is 6.30. The molecular weight excluding hydrogens is 286 g/mol. The number of hydrogen-bond donors (Lipinski definition) is 2. The summed E-state index contributed by atoms with van der Waals surface area (Å²) in [5.41, 5.74) is 7.56. The number of piperidine rings is 1. The first-order chi connectivity index (χ1) is 9.99. The zero-order chi connectivity index (χ0) is 15.4. The Bertz CT molecular complexity index is 506. The van der Waals surface area contributed by atoms with Gasteiger partial charge in [0.15, 0.2) is 0 Å². The van der Waals surface area contributed by atoms with Crippen molar-refractivity contribution in [2.45, 2.75) is 32.7 Å². The maximum atomic E-state index is 12.2. The normalized spacial score (nSPS) is 23.0. The van der Waals surface area contributed by atoms with Gasteiger partial charge in [-0.15, -0.1) is 0 Å². The monoisotopic (exact) mass is 309 g/mol. The molecule has 5 heteroatoms. The fourth-order valence-corrected chi connectivity index (χ4v) is 3.04. The molecule has 1 aliphatic heterocycles. The molecule has 1 aromatic rings. The molecule has 0 saturated carbocycles. The summed E-state index contributed by atoms with van der Waals surface area (Å²) in [6.07, 6.45) is 2.27. The van der Waals surface area contributed by atoms with Crippen molar-refractivity contribution >= 4 is 23.2 Å². The van der Waals surface area contributed by atoms with E-state index in [9.17, 15) is 4.79 Å². The number of nitrogens with zero attached hydrogens (tertiary/aromatic N) is 1.